The molecular weight excluding hydrogens is 548 g/mol. The number of nitrogens with zero attached hydrogens (tertiary/aromatic N) is 1. The molecule has 1 aromatic heterocycles. The van der Waals surface area contributed by atoms with Gasteiger partial charge in [-0.1, -0.05) is 94.3 Å². The Kier molecular flexibility index (Phi) is 10.8. The monoisotopic (exact) mass is 590 g/mol. The molecule has 224 valence electrons. The Balaban J connectivity index is 1.80. The van der Waals surface area contributed by atoms with Gasteiger partial charge in [-0.3, -0.25) is 14.3 Å². The number of aryl methyl sites for hydroxylation is 1. The number of nitrogens with one attached hydrogen (secondary N) is 1. The van der Waals surface area contributed by atoms with Crippen molar-refractivity contribution in [1.29, 1.82) is 0 Å². The van der Waals surface area contributed by atoms with E-state index in [4.69, 9.17) is 14.2 Å². The second kappa shape index (κ2) is 14.3. The zero-order valence-corrected chi connectivity index (χ0v) is 26.0. The lowest BCUT2D eigenvalue weighted by molar-refractivity contribution is -0.124. The van der Waals surface area contributed by atoms with E-state index in [0.717, 1.165) is 29.3 Å². The Morgan fingerprint density at radius 2 is 1.55 bits per heavy atom. The van der Waals surface area contributed by atoms with Gasteiger partial charge in [0.1, 0.15) is 20.3 Å². The Labute approximate surface area is 248 Å². The molecule has 4 rings (SSSR count). The molecule has 0 spiro atoms. The van der Waals surface area contributed by atoms with E-state index >= 15 is 0 Å². The highest BCUT2D eigenvalue weighted by atomic mass is 28.3. The van der Waals surface area contributed by atoms with Crippen LogP contribution in [0.1, 0.15) is 50.6 Å². The highest BCUT2D eigenvalue weighted by Crippen LogP contribution is 2.40. The van der Waals surface area contributed by atoms with E-state index in [1.165, 1.54) is 10.8 Å². The molecule has 8 nitrogen and oxygen atoms in total. The van der Waals surface area contributed by atoms with Crippen molar-refractivity contribution in [3.63, 3.8) is 0 Å². The molecule has 2 heterocycles. The molecule has 0 unspecified atom stereocenters. The maximum absolute atomic E-state index is 13.0. The topological polar surface area (TPSA) is 103 Å². The van der Waals surface area contributed by atoms with Crippen molar-refractivity contribution in [3.8, 4) is 11.5 Å². The second-order valence-electron chi connectivity index (χ2n) is 10.8. The lowest BCUT2D eigenvalue weighted by atomic mass is 9.96. The zero-order valence-electron chi connectivity index (χ0n) is 25.0. The largest absolute Gasteiger partial charge is 0.386 e. The van der Waals surface area contributed by atoms with Gasteiger partial charge in [-0.15, -0.1) is 5.54 Å². The van der Waals surface area contributed by atoms with Crippen LogP contribution in [0.25, 0.3) is 0 Å². The van der Waals surface area contributed by atoms with Crippen LogP contribution in [-0.4, -0.2) is 47.1 Å². The summed E-state index contributed by atoms with van der Waals surface area (Å²) in [6.07, 6.45) is -1.48. The van der Waals surface area contributed by atoms with Crippen molar-refractivity contribution in [3.05, 3.63) is 104 Å². The number of aromatic amines is 1. The van der Waals surface area contributed by atoms with Crippen molar-refractivity contribution in [2.24, 2.45) is 0 Å². The van der Waals surface area contributed by atoms with Crippen LogP contribution >= 0.6 is 0 Å². The SMILES string of the molecule is CCc1cn([C@@H]2O[C@](C#C[Si](CC)(CC)CC)(COCc3ccccc3)[C@@H](OCc3ccccc3)[C@H]2O)c(=O)[nH]c1=O. The van der Waals surface area contributed by atoms with Gasteiger partial charge in [0.15, 0.2) is 11.8 Å². The van der Waals surface area contributed by atoms with E-state index in [1.54, 1.807) is 0 Å². The quantitative estimate of drug-likeness (QED) is 0.237. The number of H-pyrrole nitrogens is 1. The van der Waals surface area contributed by atoms with Crippen LogP contribution in [-0.2, 0) is 33.8 Å². The van der Waals surface area contributed by atoms with Crippen molar-refractivity contribution in [1.82, 2.24) is 9.55 Å². The van der Waals surface area contributed by atoms with Crippen molar-refractivity contribution < 1.29 is 19.3 Å². The van der Waals surface area contributed by atoms with E-state index in [1.807, 2.05) is 67.6 Å². The van der Waals surface area contributed by atoms with E-state index < -0.39 is 43.4 Å². The Morgan fingerprint density at radius 3 is 2.12 bits per heavy atom. The van der Waals surface area contributed by atoms with E-state index in [9.17, 15) is 14.7 Å². The molecule has 4 atom stereocenters. The number of hydrogen-bond donors (Lipinski definition) is 2. The molecule has 1 aliphatic rings. The summed E-state index contributed by atoms with van der Waals surface area (Å²) >= 11 is 0. The van der Waals surface area contributed by atoms with Gasteiger partial charge in [0.2, 0.25) is 0 Å². The maximum atomic E-state index is 13.0. The predicted molar refractivity (Wildman–Crippen MR) is 166 cm³/mol. The summed E-state index contributed by atoms with van der Waals surface area (Å²) in [5.74, 6) is 3.44. The number of hydrogen-bond acceptors (Lipinski definition) is 6. The number of aliphatic hydroxyl groups excluding tert-OH is 1. The molecular formula is C33H42N2O6Si. The maximum Gasteiger partial charge on any atom is 0.330 e. The fourth-order valence-electron chi connectivity index (χ4n) is 5.36. The predicted octanol–water partition coefficient (Wildman–Crippen LogP) is 4.58. The average molecular weight is 591 g/mol. The number of rotatable bonds is 12. The van der Waals surface area contributed by atoms with Crippen LogP contribution in [0.2, 0.25) is 18.1 Å². The summed E-state index contributed by atoms with van der Waals surface area (Å²) in [7, 11) is -1.96. The summed E-state index contributed by atoms with van der Waals surface area (Å²) in [5.41, 5.74) is 3.46. The standard InChI is InChI=1S/C33H42N2O6Si/c1-5-27-21-35(32(38)34-30(27)37)31-28(36)29(40-23-26-17-13-10-14-18-26)33(41-31,19-20-42(6-2,7-3)8-4)24-39-22-25-15-11-9-12-16-25/h9-18,21,28-29,31,36H,5-8,22-24H2,1-4H3,(H,34,37,38)/t28-,29+,31-,33-/m1/s1. The van der Waals surface area contributed by atoms with Gasteiger partial charge in [0.25, 0.3) is 5.56 Å². The zero-order chi connectivity index (χ0) is 30.2. The normalized spacial score (nSPS) is 22.1. The van der Waals surface area contributed by atoms with Crippen molar-refractivity contribution >= 4 is 8.07 Å². The minimum Gasteiger partial charge on any atom is -0.386 e. The second-order valence-corrected chi connectivity index (χ2v) is 15.8. The van der Waals surface area contributed by atoms with Crippen LogP contribution in [0.15, 0.2) is 76.4 Å². The smallest absolute Gasteiger partial charge is 0.330 e. The Morgan fingerprint density at radius 1 is 0.952 bits per heavy atom. The van der Waals surface area contributed by atoms with Crippen LogP contribution in [0.3, 0.4) is 0 Å². The highest BCUT2D eigenvalue weighted by molar-refractivity contribution is 6.87. The van der Waals surface area contributed by atoms with Gasteiger partial charge in [-0.2, -0.15) is 0 Å². The number of aromatic nitrogens is 2. The Hall–Kier alpha value is -3.26. The summed E-state index contributed by atoms with van der Waals surface area (Å²) in [6.45, 7) is 8.90. The highest BCUT2D eigenvalue weighted by Gasteiger charge is 2.56. The van der Waals surface area contributed by atoms with Crippen LogP contribution in [0, 0.1) is 11.5 Å². The van der Waals surface area contributed by atoms with Crippen molar-refractivity contribution in [2.75, 3.05) is 6.61 Å². The fourth-order valence-corrected chi connectivity index (χ4v) is 7.87. The average Bonchev–Trinajstić information content (AvgIpc) is 3.29. The molecule has 42 heavy (non-hydrogen) atoms. The number of benzene rings is 2. The van der Waals surface area contributed by atoms with Gasteiger partial charge < -0.3 is 19.3 Å². The minimum atomic E-state index is -1.96. The summed E-state index contributed by atoms with van der Waals surface area (Å²) in [6, 6.07) is 22.4. The van der Waals surface area contributed by atoms with Crippen LogP contribution in [0.4, 0.5) is 0 Å². The summed E-state index contributed by atoms with van der Waals surface area (Å²) in [4.78, 5) is 27.7. The van der Waals surface area contributed by atoms with Gasteiger partial charge in [-0.25, -0.2) is 4.79 Å². The third-order valence-corrected chi connectivity index (χ3v) is 13.1. The number of aliphatic hydroxyl groups is 1. The molecule has 1 saturated heterocycles. The Bertz CT molecular complexity index is 1470. The molecule has 0 aliphatic carbocycles. The van der Waals surface area contributed by atoms with E-state index in [2.05, 4.69) is 37.2 Å². The van der Waals surface area contributed by atoms with E-state index in [-0.39, 0.29) is 13.2 Å². The van der Waals surface area contributed by atoms with Crippen molar-refractivity contribution in [2.45, 2.75) is 89.5 Å². The first-order valence-electron chi connectivity index (χ1n) is 14.8. The third kappa shape index (κ3) is 7.02. The molecule has 0 amide bonds. The summed E-state index contributed by atoms with van der Waals surface area (Å²) < 4.78 is 20.5. The lowest BCUT2D eigenvalue weighted by Gasteiger charge is -2.31. The molecule has 3 aromatic rings. The molecule has 0 saturated carbocycles. The molecule has 0 radical (unpaired) electrons. The summed E-state index contributed by atoms with van der Waals surface area (Å²) in [5, 5.41) is 11.8. The van der Waals surface area contributed by atoms with Crippen LogP contribution < -0.4 is 11.2 Å². The third-order valence-electron chi connectivity index (χ3n) is 8.36. The fraction of sp³-hybridized carbons (Fsp3) is 0.455. The molecule has 0 bridgehead atoms. The van der Waals surface area contributed by atoms with Gasteiger partial charge in [0.05, 0.1) is 19.8 Å². The first-order valence-corrected chi connectivity index (χ1v) is 17.4. The lowest BCUT2D eigenvalue weighted by Crippen LogP contribution is -2.48. The number of ether oxygens (including phenoxy) is 3. The van der Waals surface area contributed by atoms with E-state index in [0.29, 0.717) is 18.6 Å². The molecule has 1 fully saturated rings. The molecule has 1 aliphatic heterocycles. The van der Waals surface area contributed by atoms with Gasteiger partial charge in [-0.05, 0) is 35.7 Å². The molecule has 2 aromatic carbocycles. The first kappa shape index (κ1) is 31.7. The first-order chi connectivity index (χ1) is 20.3. The molecule has 9 heteroatoms. The molecule has 2 N–H and O–H groups in total. The van der Waals surface area contributed by atoms with Gasteiger partial charge in [0, 0.05) is 11.8 Å². The minimum absolute atomic E-state index is 0.0161. The van der Waals surface area contributed by atoms with Crippen LogP contribution in [0.5, 0.6) is 0 Å². The van der Waals surface area contributed by atoms with Gasteiger partial charge >= 0.3 is 5.69 Å².